The van der Waals surface area contributed by atoms with Crippen molar-refractivity contribution in [3.8, 4) is 11.8 Å². The molecule has 2 rings (SSSR count). The Morgan fingerprint density at radius 2 is 1.82 bits per heavy atom. The van der Waals surface area contributed by atoms with E-state index in [4.69, 9.17) is 10.00 Å². The monoisotopic (exact) mass is 229 g/mol. The molecule has 0 spiro atoms. The van der Waals surface area contributed by atoms with Gasteiger partial charge in [-0.15, -0.1) is 0 Å². The number of nitrogens with zero attached hydrogens (tertiary/aromatic N) is 1. The van der Waals surface area contributed by atoms with Crippen LogP contribution in [0.2, 0.25) is 0 Å². The molecule has 2 heteroatoms. The van der Waals surface area contributed by atoms with Crippen LogP contribution in [-0.4, -0.2) is 6.10 Å². The molecular weight excluding hydrogens is 210 g/mol. The third-order valence-corrected chi connectivity index (χ3v) is 3.62. The fraction of sp³-hybridized carbons (Fsp3) is 0.533. The molecule has 0 radical (unpaired) electrons. The first-order valence-electron chi connectivity index (χ1n) is 6.46. The number of rotatable bonds is 3. The predicted octanol–water partition coefficient (Wildman–Crippen LogP) is 3.91. The van der Waals surface area contributed by atoms with Crippen LogP contribution in [0.1, 0.15) is 44.6 Å². The fourth-order valence-corrected chi connectivity index (χ4v) is 2.52. The van der Waals surface area contributed by atoms with Crippen molar-refractivity contribution in [1.29, 1.82) is 5.26 Å². The Bertz CT molecular complexity index is 384. The van der Waals surface area contributed by atoms with E-state index in [-0.39, 0.29) is 6.10 Å². The molecule has 0 heterocycles. The zero-order chi connectivity index (χ0) is 12.1. The zero-order valence-corrected chi connectivity index (χ0v) is 10.4. The normalized spacial score (nSPS) is 18.4. The Balaban J connectivity index is 1.92. The van der Waals surface area contributed by atoms with Gasteiger partial charge in [0.2, 0.25) is 0 Å². The van der Waals surface area contributed by atoms with Crippen molar-refractivity contribution in [2.45, 2.75) is 45.1 Å². The van der Waals surface area contributed by atoms with Crippen LogP contribution in [-0.2, 0) is 0 Å². The highest BCUT2D eigenvalue weighted by Gasteiger charge is 2.21. The summed E-state index contributed by atoms with van der Waals surface area (Å²) in [6.45, 7) is 2.16. The first-order valence-corrected chi connectivity index (χ1v) is 6.46. The first kappa shape index (κ1) is 12.0. The van der Waals surface area contributed by atoms with Crippen LogP contribution in [0.3, 0.4) is 0 Å². The van der Waals surface area contributed by atoms with Gasteiger partial charge in [0.05, 0.1) is 17.7 Å². The van der Waals surface area contributed by atoms with Crippen molar-refractivity contribution in [2.75, 3.05) is 0 Å². The van der Waals surface area contributed by atoms with Gasteiger partial charge < -0.3 is 4.74 Å². The van der Waals surface area contributed by atoms with Crippen molar-refractivity contribution in [1.82, 2.24) is 0 Å². The smallest absolute Gasteiger partial charge is 0.119 e. The highest BCUT2D eigenvalue weighted by molar-refractivity contribution is 5.34. The van der Waals surface area contributed by atoms with E-state index in [1.165, 1.54) is 32.1 Å². The average molecular weight is 229 g/mol. The average Bonchev–Trinajstić information content (AvgIpc) is 2.40. The second-order valence-corrected chi connectivity index (χ2v) is 4.86. The summed E-state index contributed by atoms with van der Waals surface area (Å²) < 4.78 is 5.94. The van der Waals surface area contributed by atoms with E-state index in [1.54, 1.807) is 0 Å². The third kappa shape index (κ3) is 3.23. The van der Waals surface area contributed by atoms with E-state index < -0.39 is 0 Å². The van der Waals surface area contributed by atoms with Gasteiger partial charge in [-0.3, -0.25) is 0 Å². The molecule has 0 aromatic heterocycles. The summed E-state index contributed by atoms with van der Waals surface area (Å²) in [6.07, 6.45) is 6.91. The fourth-order valence-electron chi connectivity index (χ4n) is 2.52. The summed E-state index contributed by atoms with van der Waals surface area (Å²) in [7, 11) is 0. The summed E-state index contributed by atoms with van der Waals surface area (Å²) in [5, 5.41) is 8.72. The molecule has 0 aliphatic heterocycles. The molecule has 90 valence electrons. The van der Waals surface area contributed by atoms with Crippen LogP contribution < -0.4 is 4.74 Å². The molecule has 1 unspecified atom stereocenters. The number of ether oxygens (including phenoxy) is 1. The Morgan fingerprint density at radius 3 is 2.41 bits per heavy atom. The van der Waals surface area contributed by atoms with E-state index in [0.717, 1.165) is 5.75 Å². The lowest BCUT2D eigenvalue weighted by Gasteiger charge is -2.28. The molecule has 1 aliphatic carbocycles. The van der Waals surface area contributed by atoms with E-state index in [0.29, 0.717) is 11.5 Å². The number of benzene rings is 1. The number of nitriles is 1. The van der Waals surface area contributed by atoms with E-state index >= 15 is 0 Å². The second-order valence-electron chi connectivity index (χ2n) is 4.86. The summed E-state index contributed by atoms with van der Waals surface area (Å²) in [5.74, 6) is 1.57. The van der Waals surface area contributed by atoms with Gasteiger partial charge in [-0.2, -0.15) is 5.26 Å². The van der Waals surface area contributed by atoms with Crippen LogP contribution >= 0.6 is 0 Å². The summed E-state index contributed by atoms with van der Waals surface area (Å²) in [6, 6.07) is 9.51. The van der Waals surface area contributed by atoms with Gasteiger partial charge >= 0.3 is 0 Å². The Morgan fingerprint density at radius 1 is 1.18 bits per heavy atom. The van der Waals surface area contributed by atoms with Gasteiger partial charge in [-0.1, -0.05) is 19.3 Å². The van der Waals surface area contributed by atoms with Crippen molar-refractivity contribution in [2.24, 2.45) is 5.92 Å². The highest BCUT2D eigenvalue weighted by Crippen LogP contribution is 2.28. The molecule has 0 saturated heterocycles. The van der Waals surface area contributed by atoms with E-state index in [9.17, 15) is 0 Å². The van der Waals surface area contributed by atoms with Crippen LogP contribution in [0.15, 0.2) is 24.3 Å². The van der Waals surface area contributed by atoms with E-state index in [2.05, 4.69) is 13.0 Å². The standard InChI is InChI=1S/C15H19NO/c1-12(14-5-3-2-4-6-14)17-15-9-7-13(11-16)8-10-15/h7-10,12,14H,2-6H2,1H3. The predicted molar refractivity (Wildman–Crippen MR) is 67.8 cm³/mol. The van der Waals surface area contributed by atoms with Gasteiger partial charge in [0, 0.05) is 0 Å². The van der Waals surface area contributed by atoms with Crippen molar-refractivity contribution < 1.29 is 4.74 Å². The van der Waals surface area contributed by atoms with Crippen LogP contribution in [0.5, 0.6) is 5.75 Å². The minimum atomic E-state index is 0.281. The maximum Gasteiger partial charge on any atom is 0.119 e. The minimum Gasteiger partial charge on any atom is -0.490 e. The topological polar surface area (TPSA) is 33.0 Å². The molecule has 0 N–H and O–H groups in total. The maximum absolute atomic E-state index is 8.72. The van der Waals surface area contributed by atoms with Gasteiger partial charge in [0.15, 0.2) is 0 Å². The highest BCUT2D eigenvalue weighted by atomic mass is 16.5. The molecule has 1 saturated carbocycles. The molecule has 17 heavy (non-hydrogen) atoms. The van der Waals surface area contributed by atoms with Crippen LogP contribution in [0, 0.1) is 17.2 Å². The SMILES string of the molecule is CC(Oc1ccc(C#N)cc1)C1CCCCC1. The largest absolute Gasteiger partial charge is 0.490 e. The molecular formula is C15H19NO. The Hall–Kier alpha value is -1.49. The quantitative estimate of drug-likeness (QED) is 0.787. The first-order chi connectivity index (χ1) is 8.29. The lowest BCUT2D eigenvalue weighted by atomic mass is 9.86. The summed E-state index contributed by atoms with van der Waals surface area (Å²) in [5.41, 5.74) is 0.683. The van der Waals surface area contributed by atoms with Gasteiger partial charge in [-0.25, -0.2) is 0 Å². The summed E-state index contributed by atoms with van der Waals surface area (Å²) in [4.78, 5) is 0. The Labute approximate surface area is 103 Å². The van der Waals surface area contributed by atoms with Crippen molar-refractivity contribution >= 4 is 0 Å². The van der Waals surface area contributed by atoms with Crippen LogP contribution in [0.4, 0.5) is 0 Å². The lowest BCUT2D eigenvalue weighted by molar-refractivity contribution is 0.123. The molecule has 1 aromatic carbocycles. The molecule has 2 nitrogen and oxygen atoms in total. The third-order valence-electron chi connectivity index (χ3n) is 3.62. The summed E-state index contributed by atoms with van der Waals surface area (Å²) >= 11 is 0. The molecule has 1 atom stereocenters. The van der Waals surface area contributed by atoms with E-state index in [1.807, 2.05) is 24.3 Å². The zero-order valence-electron chi connectivity index (χ0n) is 10.4. The van der Waals surface area contributed by atoms with Crippen molar-refractivity contribution in [3.63, 3.8) is 0 Å². The minimum absolute atomic E-state index is 0.281. The van der Waals surface area contributed by atoms with Gasteiger partial charge in [-0.05, 0) is 49.9 Å². The number of hydrogen-bond donors (Lipinski definition) is 0. The number of hydrogen-bond acceptors (Lipinski definition) is 2. The van der Waals surface area contributed by atoms with Gasteiger partial charge in [0.25, 0.3) is 0 Å². The van der Waals surface area contributed by atoms with Crippen LogP contribution in [0.25, 0.3) is 0 Å². The maximum atomic E-state index is 8.72. The molecule has 1 aromatic rings. The second kappa shape index (κ2) is 5.72. The lowest BCUT2D eigenvalue weighted by Crippen LogP contribution is -2.25. The van der Waals surface area contributed by atoms with Gasteiger partial charge in [0.1, 0.15) is 5.75 Å². The van der Waals surface area contributed by atoms with Crippen molar-refractivity contribution in [3.05, 3.63) is 29.8 Å². The molecule has 0 bridgehead atoms. The molecule has 0 amide bonds. The molecule has 1 aliphatic rings. The molecule has 1 fully saturated rings. The Kier molecular flexibility index (Phi) is 4.03.